The maximum atomic E-state index is 12.0. The molecule has 1 aliphatic heterocycles. The van der Waals surface area contributed by atoms with E-state index in [1.165, 1.54) is 0 Å². The summed E-state index contributed by atoms with van der Waals surface area (Å²) in [5.74, 6) is 0.140. The van der Waals surface area contributed by atoms with Gasteiger partial charge in [-0.05, 0) is 45.4 Å². The maximum Gasteiger partial charge on any atom is 0.312 e. The molecule has 5 heteroatoms. The highest BCUT2D eigenvalue weighted by Crippen LogP contribution is 2.36. The fourth-order valence-corrected chi connectivity index (χ4v) is 1.91. The normalized spacial score (nSPS) is 16.6. The Morgan fingerprint density at radius 3 is 2.60 bits per heavy atom. The number of fused-ring (bicyclic) bond motifs is 1. The van der Waals surface area contributed by atoms with Crippen molar-refractivity contribution in [3.63, 3.8) is 0 Å². The zero-order valence-corrected chi connectivity index (χ0v) is 12.2. The topological polar surface area (TPSA) is 65.0 Å². The molecule has 2 atom stereocenters. The van der Waals surface area contributed by atoms with Crippen molar-refractivity contribution < 1.29 is 24.1 Å². The van der Waals surface area contributed by atoms with Crippen LogP contribution in [0.3, 0.4) is 0 Å². The molecule has 0 saturated carbocycles. The maximum absolute atomic E-state index is 12.0. The van der Waals surface area contributed by atoms with Crippen LogP contribution in [0.15, 0.2) is 18.2 Å². The number of hydrogen-bond acceptors (Lipinski definition) is 5. The van der Waals surface area contributed by atoms with E-state index in [1.807, 2.05) is 0 Å². The van der Waals surface area contributed by atoms with Crippen LogP contribution in [-0.4, -0.2) is 23.5 Å². The van der Waals surface area contributed by atoms with Gasteiger partial charge in [-0.15, -0.1) is 0 Å². The third-order valence-electron chi connectivity index (χ3n) is 2.99. The van der Waals surface area contributed by atoms with Gasteiger partial charge in [0.1, 0.15) is 5.60 Å². The average molecular weight is 280 g/mol. The average Bonchev–Trinajstić information content (AvgIpc) is 2.81. The summed E-state index contributed by atoms with van der Waals surface area (Å²) >= 11 is 0. The number of esters is 1. The van der Waals surface area contributed by atoms with Crippen LogP contribution in [0.1, 0.15) is 39.4 Å². The van der Waals surface area contributed by atoms with Gasteiger partial charge in [0.2, 0.25) is 6.79 Å². The molecule has 0 saturated heterocycles. The minimum atomic E-state index is -0.945. The first-order valence-electron chi connectivity index (χ1n) is 6.58. The monoisotopic (exact) mass is 280 g/mol. The van der Waals surface area contributed by atoms with E-state index in [2.05, 4.69) is 0 Å². The van der Waals surface area contributed by atoms with E-state index < -0.39 is 23.6 Å². The molecular formula is C15H20O5. The number of rotatable bonds is 3. The quantitative estimate of drug-likeness (QED) is 0.861. The highest BCUT2D eigenvalue weighted by Gasteiger charge is 2.29. The number of aliphatic hydroxyl groups excluding tert-OH is 1. The van der Waals surface area contributed by atoms with Crippen LogP contribution < -0.4 is 9.47 Å². The highest BCUT2D eigenvalue weighted by atomic mass is 16.7. The molecule has 1 aromatic rings. The third kappa shape index (κ3) is 3.22. The lowest BCUT2D eigenvalue weighted by atomic mass is 9.97. The van der Waals surface area contributed by atoms with Crippen molar-refractivity contribution in [1.29, 1.82) is 0 Å². The zero-order chi connectivity index (χ0) is 14.9. The Hall–Kier alpha value is -1.75. The molecule has 0 bridgehead atoms. The Kier molecular flexibility index (Phi) is 3.90. The van der Waals surface area contributed by atoms with E-state index in [-0.39, 0.29) is 6.79 Å². The summed E-state index contributed by atoms with van der Waals surface area (Å²) in [5.41, 5.74) is 0.0348. The molecule has 2 unspecified atom stereocenters. The number of benzene rings is 1. The summed E-state index contributed by atoms with van der Waals surface area (Å²) in [6.45, 7) is 7.21. The lowest BCUT2D eigenvalue weighted by Crippen LogP contribution is -2.30. The summed E-state index contributed by atoms with van der Waals surface area (Å²) in [6.07, 6.45) is -0.945. The van der Waals surface area contributed by atoms with E-state index in [0.717, 1.165) is 0 Å². The summed E-state index contributed by atoms with van der Waals surface area (Å²) in [5, 5.41) is 10.3. The Balaban J connectivity index is 2.10. The first-order chi connectivity index (χ1) is 9.28. The molecule has 0 fully saturated rings. The number of hydrogen-bond donors (Lipinski definition) is 1. The minimum Gasteiger partial charge on any atom is -0.460 e. The van der Waals surface area contributed by atoms with Crippen LogP contribution in [0.2, 0.25) is 0 Å². The van der Waals surface area contributed by atoms with Crippen molar-refractivity contribution in [2.45, 2.75) is 39.4 Å². The molecule has 110 valence electrons. The number of carbonyl (C=O) groups is 1. The highest BCUT2D eigenvalue weighted by molar-refractivity contribution is 5.73. The van der Waals surface area contributed by atoms with Gasteiger partial charge >= 0.3 is 5.97 Å². The number of carbonyl (C=O) groups excluding carboxylic acids is 1. The van der Waals surface area contributed by atoms with E-state index in [0.29, 0.717) is 17.1 Å². The molecule has 0 spiro atoms. The van der Waals surface area contributed by atoms with Crippen molar-refractivity contribution in [1.82, 2.24) is 0 Å². The third-order valence-corrected chi connectivity index (χ3v) is 2.99. The fraction of sp³-hybridized carbons (Fsp3) is 0.533. The molecule has 0 radical (unpaired) electrons. The van der Waals surface area contributed by atoms with Gasteiger partial charge in [-0.1, -0.05) is 6.07 Å². The van der Waals surface area contributed by atoms with E-state index in [1.54, 1.807) is 45.9 Å². The molecular weight excluding hydrogens is 260 g/mol. The van der Waals surface area contributed by atoms with Crippen LogP contribution >= 0.6 is 0 Å². The van der Waals surface area contributed by atoms with Crippen LogP contribution in [-0.2, 0) is 9.53 Å². The van der Waals surface area contributed by atoms with Gasteiger partial charge in [0.05, 0.1) is 12.0 Å². The molecule has 1 heterocycles. The lowest BCUT2D eigenvalue weighted by Gasteiger charge is -2.24. The Morgan fingerprint density at radius 1 is 1.30 bits per heavy atom. The summed E-state index contributed by atoms with van der Waals surface area (Å²) in [7, 11) is 0. The molecule has 1 N–H and O–H groups in total. The number of aliphatic hydroxyl groups is 1. The standard InChI is InChI=1S/C15H20O5/c1-9(14(17)20-15(2,3)4)13(16)10-5-6-11-12(7-10)19-8-18-11/h5-7,9,13,16H,8H2,1-4H3. The molecule has 2 rings (SSSR count). The van der Waals surface area contributed by atoms with Crippen LogP contribution in [0.4, 0.5) is 0 Å². The lowest BCUT2D eigenvalue weighted by molar-refractivity contribution is -0.163. The fourth-order valence-electron chi connectivity index (χ4n) is 1.91. The van der Waals surface area contributed by atoms with Crippen LogP contribution in [0.5, 0.6) is 11.5 Å². The van der Waals surface area contributed by atoms with Crippen molar-refractivity contribution >= 4 is 5.97 Å². The van der Waals surface area contributed by atoms with Crippen molar-refractivity contribution in [3.8, 4) is 11.5 Å². The first-order valence-corrected chi connectivity index (χ1v) is 6.58. The largest absolute Gasteiger partial charge is 0.460 e. The molecule has 1 aromatic carbocycles. The van der Waals surface area contributed by atoms with Crippen molar-refractivity contribution in [2.24, 2.45) is 5.92 Å². The molecule has 20 heavy (non-hydrogen) atoms. The Labute approximate surface area is 118 Å². The minimum absolute atomic E-state index is 0.177. The van der Waals surface area contributed by atoms with E-state index >= 15 is 0 Å². The predicted octanol–water partition coefficient (Wildman–Crippen LogP) is 2.43. The Morgan fingerprint density at radius 2 is 1.95 bits per heavy atom. The first kappa shape index (κ1) is 14.7. The molecule has 0 amide bonds. The second-order valence-corrected chi connectivity index (χ2v) is 5.88. The zero-order valence-electron chi connectivity index (χ0n) is 12.2. The van der Waals surface area contributed by atoms with Gasteiger partial charge in [0.25, 0.3) is 0 Å². The molecule has 0 aliphatic carbocycles. The summed E-state index contributed by atoms with van der Waals surface area (Å²) in [4.78, 5) is 12.0. The molecule has 1 aliphatic rings. The van der Waals surface area contributed by atoms with E-state index in [4.69, 9.17) is 14.2 Å². The van der Waals surface area contributed by atoms with Gasteiger partial charge in [-0.3, -0.25) is 4.79 Å². The summed E-state index contributed by atoms with van der Waals surface area (Å²) < 4.78 is 15.8. The van der Waals surface area contributed by atoms with Gasteiger partial charge in [-0.2, -0.15) is 0 Å². The Bertz CT molecular complexity index is 503. The van der Waals surface area contributed by atoms with Crippen LogP contribution in [0.25, 0.3) is 0 Å². The second kappa shape index (κ2) is 5.32. The molecule has 5 nitrogen and oxygen atoms in total. The van der Waals surface area contributed by atoms with Gasteiger partial charge in [0.15, 0.2) is 11.5 Å². The van der Waals surface area contributed by atoms with Gasteiger partial charge in [0, 0.05) is 0 Å². The van der Waals surface area contributed by atoms with Crippen LogP contribution in [0, 0.1) is 5.92 Å². The second-order valence-electron chi connectivity index (χ2n) is 5.88. The SMILES string of the molecule is CC(C(=O)OC(C)(C)C)C(O)c1ccc2c(c1)OCO2. The van der Waals surface area contributed by atoms with Crippen molar-refractivity contribution in [2.75, 3.05) is 6.79 Å². The van der Waals surface area contributed by atoms with Gasteiger partial charge < -0.3 is 19.3 Å². The van der Waals surface area contributed by atoms with Crippen molar-refractivity contribution in [3.05, 3.63) is 23.8 Å². The summed E-state index contributed by atoms with van der Waals surface area (Å²) in [6, 6.07) is 5.13. The van der Waals surface area contributed by atoms with Gasteiger partial charge in [-0.25, -0.2) is 0 Å². The molecule has 0 aromatic heterocycles. The van der Waals surface area contributed by atoms with E-state index in [9.17, 15) is 9.90 Å². The predicted molar refractivity (Wildman–Crippen MR) is 72.5 cm³/mol. The number of ether oxygens (including phenoxy) is 3. The smallest absolute Gasteiger partial charge is 0.312 e.